The van der Waals surface area contributed by atoms with E-state index in [-0.39, 0.29) is 6.42 Å². The van der Waals surface area contributed by atoms with Crippen LogP contribution < -0.4 is 4.74 Å². The standard InChI is InChI=1S/C16H20O5/c1-15(2,3)21-14(18)16(19)8-7-10-9-11(20-4)5-6-12(10)13(16)17/h5-6,9,19H,7-8H2,1-4H3/t16-/m0/s1. The lowest BCUT2D eigenvalue weighted by Crippen LogP contribution is -2.52. The van der Waals surface area contributed by atoms with Crippen LogP contribution in [0.25, 0.3) is 0 Å². The SMILES string of the molecule is COc1ccc2c(c1)CC[C@@](O)(C(=O)OC(C)(C)C)C2=O. The number of aryl methyl sites for hydroxylation is 1. The molecule has 1 aliphatic rings. The molecule has 1 atom stereocenters. The van der Waals surface area contributed by atoms with Crippen LogP contribution >= 0.6 is 0 Å². The zero-order valence-electron chi connectivity index (χ0n) is 12.7. The molecule has 114 valence electrons. The highest BCUT2D eigenvalue weighted by Crippen LogP contribution is 2.32. The number of aliphatic hydroxyl groups is 1. The van der Waals surface area contributed by atoms with Crippen molar-refractivity contribution in [2.24, 2.45) is 0 Å². The van der Waals surface area contributed by atoms with Gasteiger partial charge in [-0.2, -0.15) is 0 Å². The first-order chi connectivity index (χ1) is 9.67. The van der Waals surface area contributed by atoms with Crippen molar-refractivity contribution in [2.75, 3.05) is 7.11 Å². The Labute approximate surface area is 123 Å². The quantitative estimate of drug-likeness (QED) is 0.665. The predicted octanol–water partition coefficient (Wildman–Crippen LogP) is 1.90. The molecule has 0 bridgehead atoms. The molecule has 0 fully saturated rings. The topological polar surface area (TPSA) is 72.8 Å². The van der Waals surface area contributed by atoms with Gasteiger partial charge in [0.15, 0.2) is 0 Å². The number of methoxy groups -OCH3 is 1. The number of esters is 1. The largest absolute Gasteiger partial charge is 0.497 e. The molecule has 0 heterocycles. The van der Waals surface area contributed by atoms with Gasteiger partial charge in [0.2, 0.25) is 11.4 Å². The van der Waals surface area contributed by atoms with Gasteiger partial charge < -0.3 is 14.6 Å². The third kappa shape index (κ3) is 2.93. The van der Waals surface area contributed by atoms with Crippen molar-refractivity contribution in [2.45, 2.75) is 44.8 Å². The molecule has 5 heteroatoms. The number of ketones is 1. The van der Waals surface area contributed by atoms with Crippen molar-refractivity contribution in [1.29, 1.82) is 0 Å². The minimum atomic E-state index is -2.10. The summed E-state index contributed by atoms with van der Waals surface area (Å²) in [6, 6.07) is 4.96. The first-order valence-corrected chi connectivity index (χ1v) is 6.85. The minimum absolute atomic E-state index is 0.0148. The highest BCUT2D eigenvalue weighted by molar-refractivity contribution is 6.16. The van der Waals surface area contributed by atoms with Crippen molar-refractivity contribution in [3.05, 3.63) is 29.3 Å². The highest BCUT2D eigenvalue weighted by Gasteiger charge is 2.49. The zero-order chi connectivity index (χ0) is 15.8. The maximum absolute atomic E-state index is 12.5. The maximum atomic E-state index is 12.5. The van der Waals surface area contributed by atoms with E-state index in [2.05, 4.69) is 0 Å². The average molecular weight is 292 g/mol. The summed E-state index contributed by atoms with van der Waals surface area (Å²) in [4.78, 5) is 24.6. The average Bonchev–Trinajstić information content (AvgIpc) is 2.40. The monoisotopic (exact) mass is 292 g/mol. The van der Waals surface area contributed by atoms with Gasteiger partial charge in [-0.3, -0.25) is 4.79 Å². The Morgan fingerprint density at radius 2 is 2.00 bits per heavy atom. The summed E-state index contributed by atoms with van der Waals surface area (Å²) in [7, 11) is 1.55. The fourth-order valence-electron chi connectivity index (χ4n) is 2.33. The van der Waals surface area contributed by atoms with Crippen LogP contribution in [0.4, 0.5) is 0 Å². The van der Waals surface area contributed by atoms with E-state index in [1.165, 1.54) is 0 Å². The Bertz CT molecular complexity index is 585. The van der Waals surface area contributed by atoms with Crippen LogP contribution in [-0.2, 0) is 16.0 Å². The molecule has 0 aromatic heterocycles. The van der Waals surface area contributed by atoms with Crippen LogP contribution in [0.3, 0.4) is 0 Å². The maximum Gasteiger partial charge on any atom is 0.346 e. The molecule has 0 unspecified atom stereocenters. The van der Waals surface area contributed by atoms with Crippen molar-refractivity contribution in [3.8, 4) is 5.75 Å². The Morgan fingerprint density at radius 3 is 2.57 bits per heavy atom. The summed E-state index contributed by atoms with van der Waals surface area (Å²) in [6.45, 7) is 5.08. The summed E-state index contributed by atoms with van der Waals surface area (Å²) >= 11 is 0. The van der Waals surface area contributed by atoms with Gasteiger partial charge in [-0.1, -0.05) is 0 Å². The van der Waals surface area contributed by atoms with E-state index in [1.54, 1.807) is 46.1 Å². The molecule has 0 saturated heterocycles. The fourth-order valence-corrected chi connectivity index (χ4v) is 2.33. The number of carbonyl (C=O) groups is 2. The Kier molecular flexibility index (Phi) is 3.80. The third-order valence-corrected chi connectivity index (χ3v) is 3.43. The van der Waals surface area contributed by atoms with Gasteiger partial charge in [0.05, 0.1) is 7.11 Å². The van der Waals surface area contributed by atoms with E-state index in [1.807, 2.05) is 0 Å². The molecule has 0 saturated carbocycles. The lowest BCUT2D eigenvalue weighted by atomic mass is 9.79. The van der Waals surface area contributed by atoms with Gasteiger partial charge >= 0.3 is 5.97 Å². The van der Waals surface area contributed by atoms with Crippen molar-refractivity contribution < 1.29 is 24.2 Å². The highest BCUT2D eigenvalue weighted by atomic mass is 16.6. The minimum Gasteiger partial charge on any atom is -0.497 e. The van der Waals surface area contributed by atoms with E-state index in [0.29, 0.717) is 17.7 Å². The summed E-state index contributed by atoms with van der Waals surface area (Å²) in [6.07, 6.45) is 0.426. The summed E-state index contributed by atoms with van der Waals surface area (Å²) in [5.41, 5.74) is -1.75. The predicted molar refractivity (Wildman–Crippen MR) is 76.4 cm³/mol. The van der Waals surface area contributed by atoms with Crippen LogP contribution in [0.15, 0.2) is 18.2 Å². The Balaban J connectivity index is 2.33. The van der Waals surface area contributed by atoms with Gasteiger partial charge in [0.25, 0.3) is 0 Å². The second-order valence-electron chi connectivity index (χ2n) is 6.21. The lowest BCUT2D eigenvalue weighted by Gasteiger charge is -2.32. The smallest absolute Gasteiger partial charge is 0.346 e. The number of fused-ring (bicyclic) bond motifs is 1. The number of rotatable bonds is 2. The number of carbonyl (C=O) groups excluding carboxylic acids is 2. The Hall–Kier alpha value is -1.88. The molecule has 5 nitrogen and oxygen atoms in total. The van der Waals surface area contributed by atoms with Crippen LogP contribution in [0.5, 0.6) is 5.75 Å². The second kappa shape index (κ2) is 5.15. The normalized spacial score (nSPS) is 21.7. The first kappa shape index (κ1) is 15.5. The van der Waals surface area contributed by atoms with Crippen LogP contribution in [-0.4, -0.2) is 35.2 Å². The van der Waals surface area contributed by atoms with Gasteiger partial charge in [0.1, 0.15) is 11.4 Å². The molecule has 0 aliphatic heterocycles. The molecule has 21 heavy (non-hydrogen) atoms. The summed E-state index contributed by atoms with van der Waals surface area (Å²) < 4.78 is 10.3. The van der Waals surface area contributed by atoms with E-state index in [0.717, 1.165) is 5.56 Å². The molecule has 0 radical (unpaired) electrons. The molecule has 0 amide bonds. The first-order valence-electron chi connectivity index (χ1n) is 6.85. The summed E-state index contributed by atoms with van der Waals surface area (Å²) in [5.74, 6) is -0.855. The zero-order valence-corrected chi connectivity index (χ0v) is 12.7. The molecular weight excluding hydrogens is 272 g/mol. The number of hydrogen-bond acceptors (Lipinski definition) is 5. The van der Waals surface area contributed by atoms with Crippen molar-refractivity contribution in [3.63, 3.8) is 0 Å². The fraction of sp³-hybridized carbons (Fsp3) is 0.500. The third-order valence-electron chi connectivity index (χ3n) is 3.43. The van der Waals surface area contributed by atoms with Gasteiger partial charge in [-0.05, 0) is 57.4 Å². The number of benzene rings is 1. The number of ether oxygens (including phenoxy) is 2. The molecule has 1 N–H and O–H groups in total. The van der Waals surface area contributed by atoms with Gasteiger partial charge in [-0.25, -0.2) is 4.79 Å². The van der Waals surface area contributed by atoms with Crippen molar-refractivity contribution >= 4 is 11.8 Å². The molecule has 2 rings (SSSR count). The molecular formula is C16H20O5. The van der Waals surface area contributed by atoms with E-state index in [9.17, 15) is 14.7 Å². The molecule has 1 aliphatic carbocycles. The van der Waals surface area contributed by atoms with Crippen LogP contribution in [0.1, 0.15) is 43.1 Å². The van der Waals surface area contributed by atoms with E-state index in [4.69, 9.17) is 9.47 Å². The molecule has 1 aromatic rings. The number of hydrogen-bond donors (Lipinski definition) is 1. The lowest BCUT2D eigenvalue weighted by molar-refractivity contribution is -0.172. The number of Topliss-reactive ketones (excluding diaryl/α,β-unsaturated/α-hetero) is 1. The summed E-state index contributed by atoms with van der Waals surface area (Å²) in [5, 5.41) is 10.5. The van der Waals surface area contributed by atoms with Crippen LogP contribution in [0.2, 0.25) is 0 Å². The second-order valence-corrected chi connectivity index (χ2v) is 6.21. The molecule has 0 spiro atoms. The van der Waals surface area contributed by atoms with Gasteiger partial charge in [0, 0.05) is 5.56 Å². The van der Waals surface area contributed by atoms with Gasteiger partial charge in [-0.15, -0.1) is 0 Å². The van der Waals surface area contributed by atoms with Crippen LogP contribution in [0, 0.1) is 0 Å². The molecule has 1 aromatic carbocycles. The van der Waals surface area contributed by atoms with Crippen molar-refractivity contribution in [1.82, 2.24) is 0 Å². The van der Waals surface area contributed by atoms with E-state index < -0.39 is 23.0 Å². The van der Waals surface area contributed by atoms with E-state index >= 15 is 0 Å². The Morgan fingerprint density at radius 1 is 1.33 bits per heavy atom.